The number of hydrogen-bond donors (Lipinski definition) is 20. The fourth-order valence-electron chi connectivity index (χ4n) is 12.8. The third kappa shape index (κ3) is 15.9. The molecule has 0 amide bonds. The van der Waals surface area contributed by atoms with Gasteiger partial charge in [-0.15, -0.1) is 0 Å². The predicted molar refractivity (Wildman–Crippen MR) is 293 cm³/mol. The van der Waals surface area contributed by atoms with Crippen LogP contribution in [0.2, 0.25) is 0 Å². The zero-order valence-electron chi connectivity index (χ0n) is 52.1. The average molecular weight is 1410 g/mol. The Kier molecular flexibility index (Phi) is 27.0. The van der Waals surface area contributed by atoms with E-state index in [1.807, 2.05) is 0 Å². The highest BCUT2D eigenvalue weighted by Gasteiger charge is 2.61. The normalized spacial score (nSPS) is 50.4. The van der Waals surface area contributed by atoms with E-state index in [4.69, 9.17) is 75.8 Å². The van der Waals surface area contributed by atoms with Crippen molar-refractivity contribution in [1.29, 1.82) is 0 Å². The van der Waals surface area contributed by atoms with Crippen LogP contribution in [0.15, 0.2) is 0 Å². The van der Waals surface area contributed by atoms with Gasteiger partial charge in [0.1, 0.15) is 116 Å². The van der Waals surface area contributed by atoms with Crippen LogP contribution in [0.5, 0.6) is 0 Å². The van der Waals surface area contributed by atoms with E-state index in [2.05, 4.69) is 4.89 Å². The second kappa shape index (κ2) is 33.1. The van der Waals surface area contributed by atoms with E-state index in [1.165, 1.54) is 34.6 Å². The molecule has 0 aromatic rings. The molecule has 0 aliphatic carbocycles. The molecular weight excluding hydrogens is 1320 g/mol. The van der Waals surface area contributed by atoms with Crippen molar-refractivity contribution in [1.82, 2.24) is 0 Å². The lowest BCUT2D eigenvalue weighted by Gasteiger charge is -2.50. The zero-order chi connectivity index (χ0) is 71.0. The summed E-state index contributed by atoms with van der Waals surface area (Å²) in [7, 11) is 0. The lowest BCUT2D eigenvalue weighted by atomic mass is 9.88. The molecule has 0 saturated carbocycles. The molecule has 8 aliphatic heterocycles. The van der Waals surface area contributed by atoms with Gasteiger partial charge < -0.3 is 173 Å². The van der Waals surface area contributed by atoms with Crippen molar-refractivity contribution >= 4 is 23.9 Å². The van der Waals surface area contributed by atoms with Gasteiger partial charge in [-0.25, -0.2) is 24.1 Å². The molecule has 8 rings (SSSR count). The van der Waals surface area contributed by atoms with Crippen molar-refractivity contribution < 1.29 is 202 Å². The molecule has 0 aromatic heterocycles. The second-order valence-corrected chi connectivity index (χ2v) is 24.9. The Morgan fingerprint density at radius 2 is 0.552 bits per heavy atom. The van der Waals surface area contributed by atoms with Crippen molar-refractivity contribution in [3.8, 4) is 0 Å². The van der Waals surface area contributed by atoms with E-state index < -0.39 is 295 Å². The molecule has 41 heteroatoms. The lowest BCUT2D eigenvalue weighted by molar-refractivity contribution is -0.396. The molecule has 0 aromatic carbocycles. The number of carboxylic acid groups (broad SMARTS) is 4. The standard InChI is InChI=1S/C55H88O41/c1-7-80-55-33(96-79)16(6)32(40(95-55)44(71)72)85-49-13(3)22(61)34(18(9-57)82-49)86-53-30(69)27(66)38(42(93-53)46(75)76)90-51-15(5)24(63)36(20(11-59)84-51)88-54-31(70)28(67)39(43(94-54)47(77)78)91-50-14(4)23(62)35(19(10-58)83-50)87-52-29(68)26(65)37(41(92-52)45(73)74)89-48-12(2)21(60)25(64)17(8-56)81-48/h12-43,48-70,79H,7-11H2,1-6H3,(H,71,72)(H,73,74)(H,75,76)(H,77,78). The van der Waals surface area contributed by atoms with Gasteiger partial charge in [0.15, 0.2) is 74.7 Å². The highest BCUT2D eigenvalue weighted by molar-refractivity contribution is 5.75. The fourth-order valence-corrected chi connectivity index (χ4v) is 12.8. The van der Waals surface area contributed by atoms with E-state index in [0.717, 1.165) is 0 Å². The average Bonchev–Trinajstić information content (AvgIpc) is 0.779. The van der Waals surface area contributed by atoms with Crippen LogP contribution in [0.4, 0.5) is 0 Å². The number of ether oxygens (including phenoxy) is 16. The number of carboxylic acids is 4. The quantitative estimate of drug-likeness (QED) is 0.0298. The monoisotopic (exact) mass is 1400 g/mol. The SMILES string of the molecule is CCOC1OC(C(=O)O)C(OC2OC(CO)C(OC3OC(C(=O)O)C(OC4OC(CO)C(OC5OC(C(=O)O)C(OC6OC(CO)C(OC7OC(C(=O)O)C(OC8OC(CO)C(O)C(O)C8C)C(O)C7O)C(O)C6C)C(O)C5O)C(O)C4C)C(O)C3O)C(O)C2C)C(C)C1OO. The van der Waals surface area contributed by atoms with Crippen LogP contribution in [0, 0.1) is 29.6 Å². The largest absolute Gasteiger partial charge is 0.479 e. The highest BCUT2D eigenvalue weighted by Crippen LogP contribution is 2.42. The number of aliphatic carboxylic acids is 4. The topological polar surface area (TPSA) is 630 Å². The van der Waals surface area contributed by atoms with Crippen molar-refractivity contribution in [2.24, 2.45) is 29.6 Å². The van der Waals surface area contributed by atoms with Crippen LogP contribution in [0.1, 0.15) is 41.5 Å². The van der Waals surface area contributed by atoms with Crippen LogP contribution >= 0.6 is 0 Å². The van der Waals surface area contributed by atoms with Crippen LogP contribution in [-0.2, 0) is 99.9 Å². The van der Waals surface area contributed by atoms with Gasteiger partial charge >= 0.3 is 23.9 Å². The summed E-state index contributed by atoms with van der Waals surface area (Å²) in [6.07, 6.45) is -66.1. The summed E-state index contributed by atoms with van der Waals surface area (Å²) in [6.45, 7) is 4.34. The van der Waals surface area contributed by atoms with E-state index in [9.17, 15) is 121 Å². The van der Waals surface area contributed by atoms with Crippen molar-refractivity contribution in [2.75, 3.05) is 33.0 Å². The predicted octanol–water partition coefficient (Wildman–Crippen LogP) is -10.2. The maximum absolute atomic E-state index is 12.8. The third-order valence-electron chi connectivity index (χ3n) is 18.6. The molecule has 40 atom stereocenters. The summed E-state index contributed by atoms with van der Waals surface area (Å²) in [5.41, 5.74) is 0. The molecular formula is C55H88O41. The molecule has 8 saturated heterocycles. The van der Waals surface area contributed by atoms with Crippen LogP contribution in [0.25, 0.3) is 0 Å². The lowest BCUT2D eigenvalue weighted by Crippen LogP contribution is -2.67. The Morgan fingerprint density at radius 3 is 0.833 bits per heavy atom. The van der Waals surface area contributed by atoms with Gasteiger partial charge in [0.05, 0.1) is 50.8 Å². The minimum Gasteiger partial charge on any atom is -0.479 e. The fraction of sp³-hybridized carbons (Fsp3) is 0.927. The van der Waals surface area contributed by atoms with Crippen molar-refractivity contribution in [2.45, 2.75) is 257 Å². The third-order valence-corrected chi connectivity index (χ3v) is 18.6. The van der Waals surface area contributed by atoms with Crippen LogP contribution < -0.4 is 0 Å². The van der Waals surface area contributed by atoms with E-state index in [1.54, 1.807) is 6.92 Å². The van der Waals surface area contributed by atoms with Crippen LogP contribution in [0.3, 0.4) is 0 Å². The maximum atomic E-state index is 12.8. The Labute approximate surface area is 544 Å². The second-order valence-electron chi connectivity index (χ2n) is 24.9. The molecule has 8 aliphatic rings. The molecule has 96 heavy (non-hydrogen) atoms. The Morgan fingerprint density at radius 1 is 0.292 bits per heavy atom. The summed E-state index contributed by atoms with van der Waals surface area (Å²) in [5, 5.41) is 215. The first-order chi connectivity index (χ1) is 45.3. The molecule has 0 spiro atoms. The number of carbonyl (C=O) groups is 4. The van der Waals surface area contributed by atoms with Gasteiger partial charge in [-0.3, -0.25) is 5.26 Å². The van der Waals surface area contributed by atoms with Gasteiger partial charge in [0, 0.05) is 36.2 Å². The van der Waals surface area contributed by atoms with Crippen LogP contribution in [-0.4, -0.2) is 374 Å². The molecule has 41 nitrogen and oxygen atoms in total. The van der Waals surface area contributed by atoms with Gasteiger partial charge in [0.25, 0.3) is 0 Å². The first kappa shape index (κ1) is 78.3. The Hall–Kier alpha value is -3.44. The first-order valence-electron chi connectivity index (χ1n) is 30.9. The summed E-state index contributed by atoms with van der Waals surface area (Å²) < 4.78 is 91.3. The number of aliphatic hydroxyl groups excluding tert-OH is 15. The molecule has 8 fully saturated rings. The molecule has 8 heterocycles. The van der Waals surface area contributed by atoms with Crippen molar-refractivity contribution in [3.63, 3.8) is 0 Å². The summed E-state index contributed by atoms with van der Waals surface area (Å²) >= 11 is 0. The summed E-state index contributed by atoms with van der Waals surface area (Å²) in [4.78, 5) is 55.1. The highest BCUT2D eigenvalue weighted by atomic mass is 17.1. The molecule has 0 radical (unpaired) electrons. The van der Waals surface area contributed by atoms with Gasteiger partial charge in [-0.2, -0.15) is 0 Å². The zero-order valence-corrected chi connectivity index (χ0v) is 52.1. The molecule has 40 unspecified atom stereocenters. The Balaban J connectivity index is 0.877. The van der Waals surface area contributed by atoms with Crippen molar-refractivity contribution in [3.05, 3.63) is 0 Å². The van der Waals surface area contributed by atoms with Gasteiger partial charge in [-0.05, 0) is 6.92 Å². The van der Waals surface area contributed by atoms with E-state index in [0.29, 0.717) is 0 Å². The minimum absolute atomic E-state index is 0.0400. The summed E-state index contributed by atoms with van der Waals surface area (Å²) in [5.74, 6) is -13.1. The maximum Gasteiger partial charge on any atom is 0.335 e. The van der Waals surface area contributed by atoms with Gasteiger partial charge in [-0.1, -0.05) is 34.6 Å². The molecule has 0 bridgehead atoms. The Bertz CT molecular complexity index is 2520. The molecule has 20 N–H and O–H groups in total. The van der Waals surface area contributed by atoms with E-state index in [-0.39, 0.29) is 6.61 Å². The minimum atomic E-state index is -2.33. The van der Waals surface area contributed by atoms with Gasteiger partial charge in [0.2, 0.25) is 0 Å². The summed E-state index contributed by atoms with van der Waals surface area (Å²) in [6, 6.07) is 0. The van der Waals surface area contributed by atoms with E-state index >= 15 is 0 Å². The smallest absolute Gasteiger partial charge is 0.335 e. The number of hydrogen-bond acceptors (Lipinski definition) is 37. The molecule has 554 valence electrons. The number of rotatable bonds is 25. The number of aliphatic hydroxyl groups is 15. The first-order valence-corrected chi connectivity index (χ1v) is 30.9.